The number of nitrogens with zero attached hydrogens (tertiary/aromatic N) is 2. The van der Waals surface area contributed by atoms with Crippen molar-refractivity contribution in [3.8, 4) is 11.5 Å². The van der Waals surface area contributed by atoms with Crippen LogP contribution in [0.4, 0.5) is 5.13 Å². The van der Waals surface area contributed by atoms with Crippen LogP contribution in [0.3, 0.4) is 0 Å². The van der Waals surface area contributed by atoms with Gasteiger partial charge >= 0.3 is 0 Å². The Bertz CT molecular complexity index is 722. The van der Waals surface area contributed by atoms with Gasteiger partial charge in [-0.05, 0) is 18.1 Å². The zero-order chi connectivity index (χ0) is 16.9. The number of carbonyl (C=O) groups excluding carboxylic acids is 1. The number of hydrogen-bond acceptors (Lipinski definition) is 8. The maximum atomic E-state index is 11.9. The molecule has 1 atom stereocenters. The molecule has 0 radical (unpaired) electrons. The van der Waals surface area contributed by atoms with Gasteiger partial charge in [-0.3, -0.25) is 4.79 Å². The maximum absolute atomic E-state index is 11.9. The van der Waals surface area contributed by atoms with Gasteiger partial charge in [-0.15, -0.1) is 10.2 Å². The molecule has 1 aromatic heterocycles. The van der Waals surface area contributed by atoms with Crippen LogP contribution < -0.4 is 20.5 Å². The van der Waals surface area contributed by atoms with Crippen molar-refractivity contribution in [3.05, 3.63) is 23.8 Å². The number of rotatable bonds is 6. The van der Waals surface area contributed by atoms with Gasteiger partial charge in [0.1, 0.15) is 11.5 Å². The van der Waals surface area contributed by atoms with Crippen molar-refractivity contribution in [1.82, 2.24) is 15.5 Å². The van der Waals surface area contributed by atoms with Gasteiger partial charge in [0, 0.05) is 18.5 Å². The van der Waals surface area contributed by atoms with Crippen molar-refractivity contribution in [1.29, 1.82) is 0 Å². The molecule has 3 N–H and O–H groups in total. The minimum Gasteiger partial charge on any atom is -0.497 e. The Hall–Kier alpha value is -2.00. The number of nitrogens with one attached hydrogen (secondary N) is 1. The topological polar surface area (TPSA) is 99.4 Å². The van der Waals surface area contributed by atoms with Crippen LogP contribution in [-0.2, 0) is 11.2 Å². The lowest BCUT2D eigenvalue weighted by Gasteiger charge is -2.25. The molecule has 1 aliphatic heterocycles. The zero-order valence-electron chi connectivity index (χ0n) is 13.2. The molecule has 0 spiro atoms. The highest BCUT2D eigenvalue weighted by Gasteiger charge is 2.21. The number of fused-ring (bicyclic) bond motifs is 1. The van der Waals surface area contributed by atoms with Gasteiger partial charge < -0.3 is 20.5 Å². The number of anilines is 1. The van der Waals surface area contributed by atoms with E-state index in [2.05, 4.69) is 15.5 Å². The normalized spacial score (nSPS) is 16.1. The number of hydrogen-bond donors (Lipinski definition) is 2. The Labute approximate surface area is 147 Å². The van der Waals surface area contributed by atoms with E-state index in [1.165, 1.54) is 23.1 Å². The van der Waals surface area contributed by atoms with Gasteiger partial charge in [0.15, 0.2) is 4.34 Å². The van der Waals surface area contributed by atoms with E-state index >= 15 is 0 Å². The van der Waals surface area contributed by atoms with E-state index in [0.29, 0.717) is 28.4 Å². The number of aromatic nitrogens is 2. The monoisotopic (exact) mass is 366 g/mol. The molecule has 2 aromatic rings. The third kappa shape index (κ3) is 4.30. The number of ether oxygens (including phenoxy) is 2. The molecule has 3 rings (SSSR count). The number of nitrogen functional groups attached to an aromatic ring is 1. The number of thioether (sulfide) groups is 1. The predicted molar refractivity (Wildman–Crippen MR) is 93.7 cm³/mol. The van der Waals surface area contributed by atoms with E-state index in [1.54, 1.807) is 7.11 Å². The van der Waals surface area contributed by atoms with Gasteiger partial charge in [0.05, 0.1) is 19.5 Å². The van der Waals surface area contributed by atoms with Crippen molar-refractivity contribution >= 4 is 34.1 Å². The first-order valence-electron chi connectivity index (χ1n) is 7.42. The molecular weight excluding hydrogens is 348 g/mol. The molecule has 0 fully saturated rings. The molecule has 128 valence electrons. The van der Waals surface area contributed by atoms with Gasteiger partial charge in [-0.2, -0.15) is 0 Å². The molecule has 0 saturated carbocycles. The zero-order valence-corrected chi connectivity index (χ0v) is 14.8. The standard InChI is InChI=1S/C15H18N4O3S2/c1-21-11-3-2-10-4-9(7-22-12(10)5-11)6-17-13(20)8-23-15-19-18-14(16)24-15/h2-3,5,9H,4,6-8H2,1H3,(H2,16,18)(H,17,20)/t9-/m0/s1. The minimum atomic E-state index is -0.0331. The van der Waals surface area contributed by atoms with Gasteiger partial charge in [-0.1, -0.05) is 29.2 Å². The van der Waals surface area contributed by atoms with Crippen LogP contribution in [0, 0.1) is 5.92 Å². The van der Waals surface area contributed by atoms with Crippen molar-refractivity contribution < 1.29 is 14.3 Å². The van der Waals surface area contributed by atoms with Gasteiger partial charge in [-0.25, -0.2) is 0 Å². The molecule has 24 heavy (non-hydrogen) atoms. The molecule has 0 unspecified atom stereocenters. The average molecular weight is 366 g/mol. The third-order valence-electron chi connectivity index (χ3n) is 3.59. The molecule has 1 aliphatic rings. The Morgan fingerprint density at radius 2 is 2.42 bits per heavy atom. The summed E-state index contributed by atoms with van der Waals surface area (Å²) in [6.07, 6.45) is 0.875. The van der Waals surface area contributed by atoms with Crippen molar-refractivity contribution in [2.45, 2.75) is 10.8 Å². The molecule has 1 aromatic carbocycles. The quantitative estimate of drug-likeness (QED) is 0.749. The minimum absolute atomic E-state index is 0.0331. The van der Waals surface area contributed by atoms with E-state index in [1.807, 2.05) is 18.2 Å². The number of amides is 1. The molecule has 9 heteroatoms. The maximum Gasteiger partial charge on any atom is 0.230 e. The smallest absolute Gasteiger partial charge is 0.230 e. The summed E-state index contributed by atoms with van der Waals surface area (Å²) < 4.78 is 11.7. The SMILES string of the molecule is COc1ccc2c(c1)OC[C@H](CNC(=O)CSc1nnc(N)s1)C2. The summed E-state index contributed by atoms with van der Waals surface area (Å²) >= 11 is 2.62. The van der Waals surface area contributed by atoms with Gasteiger partial charge in [0.25, 0.3) is 0 Å². The van der Waals surface area contributed by atoms with Crippen molar-refractivity contribution in [2.75, 3.05) is 31.7 Å². The fourth-order valence-electron chi connectivity index (χ4n) is 2.39. The molecule has 2 heterocycles. The summed E-state index contributed by atoms with van der Waals surface area (Å²) in [7, 11) is 1.64. The van der Waals surface area contributed by atoms with Crippen LogP contribution in [0.1, 0.15) is 5.56 Å². The van der Waals surface area contributed by atoms with Crippen LogP contribution in [0.2, 0.25) is 0 Å². The van der Waals surface area contributed by atoms with Crippen LogP contribution in [0.25, 0.3) is 0 Å². The molecule has 0 saturated heterocycles. The number of carbonyl (C=O) groups is 1. The van der Waals surface area contributed by atoms with E-state index < -0.39 is 0 Å². The number of methoxy groups -OCH3 is 1. The second kappa shape index (κ2) is 7.71. The van der Waals surface area contributed by atoms with Crippen LogP contribution in [-0.4, -0.2) is 42.1 Å². The lowest BCUT2D eigenvalue weighted by molar-refractivity contribution is -0.118. The molecular formula is C15H18N4O3S2. The van der Waals surface area contributed by atoms with E-state index in [-0.39, 0.29) is 11.8 Å². The Morgan fingerprint density at radius 3 is 3.17 bits per heavy atom. The third-order valence-corrected chi connectivity index (χ3v) is 5.48. The first-order chi connectivity index (χ1) is 11.6. The second-order valence-corrected chi connectivity index (χ2v) is 7.59. The van der Waals surface area contributed by atoms with E-state index in [4.69, 9.17) is 15.2 Å². The van der Waals surface area contributed by atoms with E-state index in [0.717, 1.165) is 23.5 Å². The van der Waals surface area contributed by atoms with Crippen LogP contribution >= 0.6 is 23.1 Å². The lowest BCUT2D eigenvalue weighted by Crippen LogP contribution is -2.35. The first kappa shape index (κ1) is 16.8. The molecule has 1 amide bonds. The molecule has 0 bridgehead atoms. The summed E-state index contributed by atoms with van der Waals surface area (Å²) in [5.41, 5.74) is 6.65. The number of benzene rings is 1. The predicted octanol–water partition coefficient (Wildman–Crippen LogP) is 1.59. The molecule has 0 aliphatic carbocycles. The Kier molecular flexibility index (Phi) is 5.41. The number of nitrogens with two attached hydrogens (primary N) is 1. The summed E-state index contributed by atoms with van der Waals surface area (Å²) in [6, 6.07) is 5.83. The first-order valence-corrected chi connectivity index (χ1v) is 9.22. The summed E-state index contributed by atoms with van der Waals surface area (Å²) in [6.45, 7) is 1.17. The second-order valence-electron chi connectivity index (χ2n) is 5.35. The van der Waals surface area contributed by atoms with Gasteiger partial charge in [0.2, 0.25) is 11.0 Å². The largest absolute Gasteiger partial charge is 0.497 e. The highest BCUT2D eigenvalue weighted by Crippen LogP contribution is 2.30. The Morgan fingerprint density at radius 1 is 1.54 bits per heavy atom. The molecule has 7 nitrogen and oxygen atoms in total. The van der Waals surface area contributed by atoms with Crippen LogP contribution in [0.15, 0.2) is 22.5 Å². The van der Waals surface area contributed by atoms with Crippen molar-refractivity contribution in [2.24, 2.45) is 5.92 Å². The fraction of sp³-hybridized carbons (Fsp3) is 0.400. The summed E-state index contributed by atoms with van der Waals surface area (Å²) in [4.78, 5) is 11.9. The lowest BCUT2D eigenvalue weighted by atomic mass is 9.96. The summed E-state index contributed by atoms with van der Waals surface area (Å²) in [5, 5.41) is 10.9. The fourth-order valence-corrected chi connectivity index (χ4v) is 3.85. The summed E-state index contributed by atoms with van der Waals surface area (Å²) in [5.74, 6) is 2.18. The van der Waals surface area contributed by atoms with Crippen molar-refractivity contribution in [3.63, 3.8) is 0 Å². The highest BCUT2D eigenvalue weighted by atomic mass is 32.2. The van der Waals surface area contributed by atoms with E-state index in [9.17, 15) is 4.79 Å². The highest BCUT2D eigenvalue weighted by molar-refractivity contribution is 8.01. The Balaban J connectivity index is 1.44. The average Bonchev–Trinajstić information content (AvgIpc) is 3.02. The van der Waals surface area contributed by atoms with Crippen LogP contribution in [0.5, 0.6) is 11.5 Å².